The van der Waals surface area contributed by atoms with Crippen LogP contribution in [0, 0.1) is 0 Å². The monoisotopic (exact) mass is 385 g/mol. The molecule has 0 aliphatic carbocycles. The number of fused-ring (bicyclic) bond motifs is 1. The fourth-order valence-corrected chi connectivity index (χ4v) is 3.67. The van der Waals surface area contributed by atoms with Crippen molar-refractivity contribution in [1.82, 2.24) is 15.1 Å². The fourth-order valence-electron chi connectivity index (χ4n) is 3.67. The topological polar surface area (TPSA) is 65.0 Å². The number of nitrogens with one attached hydrogen (secondary N) is 1. The first kappa shape index (κ1) is 20.6. The number of rotatable bonds is 8. The number of nitrogens with zero attached hydrogens (tertiary/aromatic N) is 2. The molecule has 0 radical (unpaired) electrons. The van der Waals surface area contributed by atoms with Crippen LogP contribution in [0.4, 0.5) is 4.79 Å². The first-order valence-corrected chi connectivity index (χ1v) is 10.1. The lowest BCUT2D eigenvalue weighted by Crippen LogP contribution is -2.49. The van der Waals surface area contributed by atoms with Crippen LogP contribution in [0.2, 0.25) is 0 Å². The third-order valence-electron chi connectivity index (χ3n) is 5.12. The summed E-state index contributed by atoms with van der Waals surface area (Å²) in [4.78, 5) is 17.0. The summed E-state index contributed by atoms with van der Waals surface area (Å²) in [6.45, 7) is 7.30. The van der Waals surface area contributed by atoms with E-state index in [0.717, 1.165) is 43.8 Å². The molecule has 0 spiro atoms. The Morgan fingerprint density at radius 2 is 1.96 bits per heavy atom. The zero-order valence-electron chi connectivity index (χ0n) is 16.6. The maximum atomic E-state index is 12.9. The van der Waals surface area contributed by atoms with Gasteiger partial charge in [-0.1, -0.05) is 42.5 Å². The Balaban J connectivity index is 1.65. The second kappa shape index (κ2) is 10.4. The Kier molecular flexibility index (Phi) is 7.65. The number of aliphatic hydroxyl groups excluding tert-OH is 1. The minimum atomic E-state index is -0.0813. The predicted molar refractivity (Wildman–Crippen MR) is 111 cm³/mol. The minimum absolute atomic E-state index is 0.0507. The molecule has 0 saturated carbocycles. The Morgan fingerprint density at radius 1 is 1.21 bits per heavy atom. The molecular weight excluding hydrogens is 354 g/mol. The van der Waals surface area contributed by atoms with E-state index in [-0.39, 0.29) is 18.7 Å². The molecule has 6 nitrogen and oxygen atoms in total. The molecule has 152 valence electrons. The largest absolute Gasteiger partial charge is 0.396 e. The number of carbonyl (C=O) groups is 1. The number of carbonyl (C=O) groups excluding carboxylic acids is 1. The summed E-state index contributed by atoms with van der Waals surface area (Å²) >= 11 is 0. The molecule has 1 aliphatic rings. The van der Waals surface area contributed by atoms with E-state index in [2.05, 4.69) is 34.5 Å². The minimum Gasteiger partial charge on any atom is -0.396 e. The van der Waals surface area contributed by atoms with E-state index in [1.807, 2.05) is 25.1 Å². The van der Waals surface area contributed by atoms with Gasteiger partial charge < -0.3 is 20.1 Å². The van der Waals surface area contributed by atoms with Crippen molar-refractivity contribution in [3.8, 4) is 0 Å². The van der Waals surface area contributed by atoms with E-state index in [1.165, 1.54) is 5.39 Å². The second-order valence-electron chi connectivity index (χ2n) is 7.40. The van der Waals surface area contributed by atoms with Gasteiger partial charge in [0.25, 0.3) is 0 Å². The standard InChI is InChI=1S/C22H31N3O3/c1-18(16-24-11-14-28-15-12-24)23-22(27)25(10-5-13-26)17-20-8-4-7-19-6-2-3-9-21(19)20/h2-4,6-9,18,26H,5,10-17H2,1H3,(H,23,27)/t18-/m1/s1. The van der Waals surface area contributed by atoms with Gasteiger partial charge in [0.2, 0.25) is 0 Å². The van der Waals surface area contributed by atoms with E-state index >= 15 is 0 Å². The van der Waals surface area contributed by atoms with Crippen molar-refractivity contribution in [3.05, 3.63) is 48.0 Å². The number of hydrogen-bond acceptors (Lipinski definition) is 4. The van der Waals surface area contributed by atoms with Gasteiger partial charge >= 0.3 is 6.03 Å². The molecule has 1 atom stereocenters. The highest BCUT2D eigenvalue weighted by atomic mass is 16.5. The maximum Gasteiger partial charge on any atom is 0.317 e. The lowest BCUT2D eigenvalue weighted by molar-refractivity contribution is 0.0346. The molecule has 0 unspecified atom stereocenters. The summed E-state index contributed by atoms with van der Waals surface area (Å²) < 4.78 is 5.39. The molecule has 0 aromatic heterocycles. The van der Waals surface area contributed by atoms with Crippen LogP contribution in [0.25, 0.3) is 10.8 Å². The number of hydrogen-bond donors (Lipinski definition) is 2. The molecule has 1 heterocycles. The highest BCUT2D eigenvalue weighted by Gasteiger charge is 2.19. The zero-order valence-corrected chi connectivity index (χ0v) is 16.6. The highest BCUT2D eigenvalue weighted by molar-refractivity contribution is 5.86. The Hall–Kier alpha value is -2.15. The van der Waals surface area contributed by atoms with Gasteiger partial charge in [-0.3, -0.25) is 4.90 Å². The summed E-state index contributed by atoms with van der Waals surface area (Å²) in [5.41, 5.74) is 1.12. The van der Waals surface area contributed by atoms with Gasteiger partial charge in [0.15, 0.2) is 0 Å². The van der Waals surface area contributed by atoms with Crippen molar-refractivity contribution in [2.24, 2.45) is 0 Å². The van der Waals surface area contributed by atoms with Gasteiger partial charge in [0.1, 0.15) is 0 Å². The van der Waals surface area contributed by atoms with Crippen LogP contribution in [0.15, 0.2) is 42.5 Å². The van der Waals surface area contributed by atoms with Crippen molar-refractivity contribution in [2.45, 2.75) is 25.9 Å². The maximum absolute atomic E-state index is 12.9. The normalized spacial score (nSPS) is 16.1. The van der Waals surface area contributed by atoms with Crippen molar-refractivity contribution >= 4 is 16.8 Å². The average Bonchev–Trinajstić information content (AvgIpc) is 2.71. The third kappa shape index (κ3) is 5.67. The van der Waals surface area contributed by atoms with E-state index in [4.69, 9.17) is 4.74 Å². The van der Waals surface area contributed by atoms with Crippen molar-refractivity contribution in [1.29, 1.82) is 0 Å². The van der Waals surface area contributed by atoms with E-state index < -0.39 is 0 Å². The van der Waals surface area contributed by atoms with Crippen LogP contribution in [-0.2, 0) is 11.3 Å². The molecule has 1 saturated heterocycles. The summed E-state index contributed by atoms with van der Waals surface area (Å²) in [7, 11) is 0. The number of morpholine rings is 1. The quantitative estimate of drug-likeness (QED) is 0.733. The molecule has 0 bridgehead atoms. The van der Waals surface area contributed by atoms with Gasteiger partial charge in [-0.15, -0.1) is 0 Å². The first-order chi connectivity index (χ1) is 13.7. The summed E-state index contributed by atoms with van der Waals surface area (Å²) in [5, 5.41) is 14.7. The Morgan fingerprint density at radius 3 is 2.75 bits per heavy atom. The van der Waals surface area contributed by atoms with Crippen LogP contribution in [0.1, 0.15) is 18.9 Å². The Labute approximate surface area is 167 Å². The lowest BCUT2D eigenvalue weighted by Gasteiger charge is -2.31. The molecule has 28 heavy (non-hydrogen) atoms. The van der Waals surface area contributed by atoms with Crippen molar-refractivity contribution < 1.29 is 14.6 Å². The van der Waals surface area contributed by atoms with E-state index in [9.17, 15) is 9.90 Å². The Bertz CT molecular complexity index is 756. The predicted octanol–water partition coefficient (Wildman–Crippen LogP) is 2.45. The van der Waals surface area contributed by atoms with Crippen LogP contribution < -0.4 is 5.32 Å². The molecule has 6 heteroatoms. The number of aliphatic hydroxyl groups is 1. The molecule has 1 fully saturated rings. The SMILES string of the molecule is C[C@H](CN1CCOCC1)NC(=O)N(CCCO)Cc1cccc2ccccc12. The summed E-state index contributed by atoms with van der Waals surface area (Å²) in [6, 6.07) is 14.4. The van der Waals surface area contributed by atoms with Gasteiger partial charge in [-0.05, 0) is 29.7 Å². The van der Waals surface area contributed by atoms with Gasteiger partial charge in [0, 0.05) is 45.4 Å². The smallest absolute Gasteiger partial charge is 0.317 e. The summed E-state index contributed by atoms with van der Waals surface area (Å²) in [5.74, 6) is 0. The number of ether oxygens (including phenoxy) is 1. The average molecular weight is 386 g/mol. The molecule has 2 N–H and O–H groups in total. The number of urea groups is 1. The molecule has 2 aromatic rings. The van der Waals surface area contributed by atoms with Gasteiger partial charge in [-0.25, -0.2) is 4.79 Å². The summed E-state index contributed by atoms with van der Waals surface area (Å²) in [6.07, 6.45) is 0.566. The lowest BCUT2D eigenvalue weighted by atomic mass is 10.0. The molecule has 1 aliphatic heterocycles. The molecule has 3 rings (SSSR count). The molecule has 2 aromatic carbocycles. The van der Waals surface area contributed by atoms with Crippen LogP contribution >= 0.6 is 0 Å². The fraction of sp³-hybridized carbons (Fsp3) is 0.500. The van der Waals surface area contributed by atoms with E-state index in [0.29, 0.717) is 19.5 Å². The van der Waals surface area contributed by atoms with Gasteiger partial charge in [-0.2, -0.15) is 0 Å². The number of benzene rings is 2. The second-order valence-corrected chi connectivity index (χ2v) is 7.40. The van der Waals surface area contributed by atoms with Crippen molar-refractivity contribution in [3.63, 3.8) is 0 Å². The first-order valence-electron chi connectivity index (χ1n) is 10.1. The number of amides is 2. The highest BCUT2D eigenvalue weighted by Crippen LogP contribution is 2.20. The molecular formula is C22H31N3O3. The van der Waals surface area contributed by atoms with Crippen molar-refractivity contribution in [2.75, 3.05) is 46.0 Å². The third-order valence-corrected chi connectivity index (χ3v) is 5.12. The van der Waals surface area contributed by atoms with Crippen LogP contribution in [-0.4, -0.2) is 73.0 Å². The van der Waals surface area contributed by atoms with Crippen LogP contribution in [0.5, 0.6) is 0 Å². The molecule has 2 amide bonds. The van der Waals surface area contributed by atoms with Crippen LogP contribution in [0.3, 0.4) is 0 Å². The zero-order chi connectivity index (χ0) is 19.8. The van der Waals surface area contributed by atoms with E-state index in [1.54, 1.807) is 4.90 Å². The van der Waals surface area contributed by atoms with Gasteiger partial charge in [0.05, 0.1) is 13.2 Å².